The number of benzene rings is 2. The maximum Gasteiger partial charge on any atom is 0.252 e. The van der Waals surface area contributed by atoms with E-state index in [-0.39, 0.29) is 5.91 Å². The third-order valence-corrected chi connectivity index (χ3v) is 6.98. The molecule has 0 aliphatic heterocycles. The minimum Gasteiger partial charge on any atom is -0.493 e. The number of methoxy groups -OCH3 is 3. The van der Waals surface area contributed by atoms with Crippen LogP contribution in [0.3, 0.4) is 0 Å². The van der Waals surface area contributed by atoms with Gasteiger partial charge in [0.25, 0.3) is 5.91 Å². The summed E-state index contributed by atoms with van der Waals surface area (Å²) in [7, 11) is 4.71. The van der Waals surface area contributed by atoms with Crippen molar-refractivity contribution < 1.29 is 19.0 Å². The van der Waals surface area contributed by atoms with Crippen LogP contribution in [0.4, 0.5) is 5.13 Å². The number of hydrogen-bond donors (Lipinski definition) is 0. The first-order valence-electron chi connectivity index (χ1n) is 11.7. The molecule has 0 saturated carbocycles. The molecule has 0 N–H and O–H groups in total. The number of hydrogen-bond acceptors (Lipinski definition) is 7. The van der Waals surface area contributed by atoms with E-state index < -0.39 is 0 Å². The highest BCUT2D eigenvalue weighted by atomic mass is 32.1. The maximum absolute atomic E-state index is 13.5. The molecule has 1 amide bonds. The molecule has 35 heavy (non-hydrogen) atoms. The van der Waals surface area contributed by atoms with Crippen molar-refractivity contribution >= 4 is 38.7 Å². The van der Waals surface area contributed by atoms with Crippen molar-refractivity contribution in [2.45, 2.75) is 27.7 Å². The molecule has 0 fully saturated rings. The summed E-state index contributed by atoms with van der Waals surface area (Å²) in [6, 6.07) is 7.88. The quantitative estimate of drug-likeness (QED) is 0.334. The van der Waals surface area contributed by atoms with Crippen LogP contribution in [0.2, 0.25) is 0 Å². The summed E-state index contributed by atoms with van der Waals surface area (Å²) in [5.74, 6) is 1.46. The Hall–Kier alpha value is -3.10. The first-order chi connectivity index (χ1) is 16.8. The van der Waals surface area contributed by atoms with Gasteiger partial charge in [-0.2, -0.15) is 0 Å². The number of carbonyl (C=O) groups excluding carboxylic acids is 1. The van der Waals surface area contributed by atoms with Crippen molar-refractivity contribution in [3.05, 3.63) is 47.0 Å². The number of aromatic nitrogens is 1. The molecular formula is C27H35N3O4S. The molecule has 0 aliphatic carbocycles. The Labute approximate surface area is 211 Å². The molecule has 0 aliphatic rings. The molecule has 8 heteroatoms. The van der Waals surface area contributed by atoms with Gasteiger partial charge in [-0.05, 0) is 67.9 Å². The van der Waals surface area contributed by atoms with E-state index in [4.69, 9.17) is 19.2 Å². The van der Waals surface area contributed by atoms with Gasteiger partial charge in [-0.3, -0.25) is 9.69 Å². The lowest BCUT2D eigenvalue weighted by Crippen LogP contribution is -2.38. The standard InChI is InChI=1S/C27H35N3O4S/c1-8-29(9-2)12-13-30(27-28-25-19(4)14-18(3)15-23(25)35-27)24(31)11-10-20-16-21(32-5)26(34-7)22(17-20)33-6/h10-11,14-17H,8-9,12-13H2,1-7H3. The number of nitrogens with zero attached hydrogens (tertiary/aromatic N) is 3. The fourth-order valence-electron chi connectivity index (χ4n) is 4.01. The Balaban J connectivity index is 1.95. The minimum absolute atomic E-state index is 0.126. The van der Waals surface area contributed by atoms with Crippen molar-refractivity contribution in [3.63, 3.8) is 0 Å². The molecular weight excluding hydrogens is 462 g/mol. The summed E-state index contributed by atoms with van der Waals surface area (Å²) in [6.45, 7) is 11.6. The Kier molecular flexibility index (Phi) is 9.12. The molecule has 3 aromatic rings. The van der Waals surface area contributed by atoms with E-state index in [2.05, 4.69) is 44.7 Å². The topological polar surface area (TPSA) is 64.1 Å². The second kappa shape index (κ2) is 12.0. The van der Waals surface area contributed by atoms with Gasteiger partial charge in [0.05, 0.1) is 31.5 Å². The Morgan fingerprint density at radius 1 is 0.971 bits per heavy atom. The van der Waals surface area contributed by atoms with Gasteiger partial charge in [0.2, 0.25) is 5.75 Å². The largest absolute Gasteiger partial charge is 0.493 e. The monoisotopic (exact) mass is 497 g/mol. The normalized spacial score (nSPS) is 11.4. The lowest BCUT2D eigenvalue weighted by atomic mass is 10.1. The number of carbonyl (C=O) groups is 1. The van der Waals surface area contributed by atoms with Crippen LogP contribution in [-0.4, -0.2) is 63.3 Å². The smallest absolute Gasteiger partial charge is 0.252 e. The summed E-state index contributed by atoms with van der Waals surface area (Å²) in [5, 5.41) is 0.709. The summed E-state index contributed by atoms with van der Waals surface area (Å²) < 4.78 is 17.4. The zero-order valence-corrected chi connectivity index (χ0v) is 22.5. The number of thiazole rings is 1. The van der Waals surface area contributed by atoms with E-state index in [1.165, 1.54) is 5.56 Å². The molecule has 3 rings (SSSR count). The molecule has 0 atom stereocenters. The summed E-state index contributed by atoms with van der Waals surface area (Å²) in [6.07, 6.45) is 3.34. The van der Waals surface area contributed by atoms with E-state index in [9.17, 15) is 4.79 Å². The molecule has 0 saturated heterocycles. The fraction of sp³-hybridized carbons (Fsp3) is 0.407. The van der Waals surface area contributed by atoms with Gasteiger partial charge in [0.15, 0.2) is 16.6 Å². The first-order valence-corrected chi connectivity index (χ1v) is 12.6. The Bertz CT molecular complexity index is 1180. The molecule has 1 heterocycles. The zero-order chi connectivity index (χ0) is 25.5. The second-order valence-corrected chi connectivity index (χ2v) is 9.24. The molecule has 2 aromatic carbocycles. The Morgan fingerprint density at radius 2 is 1.63 bits per heavy atom. The van der Waals surface area contributed by atoms with Crippen LogP contribution in [0.1, 0.15) is 30.5 Å². The summed E-state index contributed by atoms with van der Waals surface area (Å²) >= 11 is 1.55. The van der Waals surface area contributed by atoms with Gasteiger partial charge in [-0.25, -0.2) is 4.98 Å². The van der Waals surface area contributed by atoms with Crippen LogP contribution >= 0.6 is 11.3 Å². The van der Waals surface area contributed by atoms with Gasteiger partial charge >= 0.3 is 0 Å². The second-order valence-electron chi connectivity index (χ2n) is 8.23. The van der Waals surface area contributed by atoms with Gasteiger partial charge in [0.1, 0.15) is 0 Å². The van der Waals surface area contributed by atoms with Crippen molar-refractivity contribution in [1.29, 1.82) is 0 Å². The van der Waals surface area contributed by atoms with Crippen molar-refractivity contribution in [1.82, 2.24) is 9.88 Å². The third-order valence-electron chi connectivity index (χ3n) is 5.96. The minimum atomic E-state index is -0.126. The lowest BCUT2D eigenvalue weighted by molar-refractivity contribution is -0.114. The predicted molar refractivity (Wildman–Crippen MR) is 144 cm³/mol. The maximum atomic E-state index is 13.5. The molecule has 1 aromatic heterocycles. The third kappa shape index (κ3) is 6.13. The number of fused-ring (bicyclic) bond motifs is 1. The van der Waals surface area contributed by atoms with Gasteiger partial charge in [0, 0.05) is 19.2 Å². The molecule has 7 nitrogen and oxygen atoms in total. The van der Waals surface area contributed by atoms with E-state index in [0.717, 1.165) is 41.0 Å². The number of rotatable bonds is 11. The highest BCUT2D eigenvalue weighted by Crippen LogP contribution is 2.38. The number of ether oxygens (including phenoxy) is 3. The molecule has 188 valence electrons. The lowest BCUT2D eigenvalue weighted by Gasteiger charge is -2.23. The summed E-state index contributed by atoms with van der Waals surface area (Å²) in [4.78, 5) is 22.4. The van der Waals surface area contributed by atoms with E-state index >= 15 is 0 Å². The number of amides is 1. The van der Waals surface area contributed by atoms with E-state index in [1.54, 1.807) is 49.7 Å². The highest BCUT2D eigenvalue weighted by molar-refractivity contribution is 7.22. The van der Waals surface area contributed by atoms with Crippen LogP contribution in [0, 0.1) is 13.8 Å². The SMILES string of the molecule is CCN(CC)CCN(C(=O)C=Cc1cc(OC)c(OC)c(OC)c1)c1nc2c(C)cc(C)cc2s1. The van der Waals surface area contributed by atoms with Crippen molar-refractivity contribution in [3.8, 4) is 17.2 Å². The van der Waals surface area contributed by atoms with E-state index in [0.29, 0.717) is 28.9 Å². The zero-order valence-electron chi connectivity index (χ0n) is 21.7. The molecule has 0 bridgehead atoms. The number of likely N-dealkylation sites (N-methyl/N-ethyl adjacent to an activating group) is 1. The van der Waals surface area contributed by atoms with E-state index in [1.807, 2.05) is 12.1 Å². The Morgan fingerprint density at radius 3 is 2.20 bits per heavy atom. The average molecular weight is 498 g/mol. The fourth-order valence-corrected chi connectivity index (χ4v) is 5.18. The van der Waals surface area contributed by atoms with Crippen LogP contribution in [-0.2, 0) is 4.79 Å². The van der Waals surface area contributed by atoms with Gasteiger partial charge in [-0.1, -0.05) is 31.3 Å². The van der Waals surface area contributed by atoms with Crippen LogP contribution in [0.5, 0.6) is 17.2 Å². The van der Waals surface area contributed by atoms with Crippen LogP contribution in [0.25, 0.3) is 16.3 Å². The van der Waals surface area contributed by atoms with Crippen molar-refractivity contribution in [2.24, 2.45) is 0 Å². The molecule has 0 radical (unpaired) electrons. The highest BCUT2D eigenvalue weighted by Gasteiger charge is 2.20. The van der Waals surface area contributed by atoms with Gasteiger partial charge in [-0.15, -0.1) is 0 Å². The number of anilines is 1. The van der Waals surface area contributed by atoms with Crippen LogP contribution < -0.4 is 19.1 Å². The van der Waals surface area contributed by atoms with Gasteiger partial charge < -0.3 is 19.1 Å². The first kappa shape index (κ1) is 26.5. The van der Waals surface area contributed by atoms with Crippen molar-refractivity contribution in [2.75, 3.05) is 52.4 Å². The summed E-state index contributed by atoms with van der Waals surface area (Å²) in [5.41, 5.74) is 4.03. The predicted octanol–water partition coefficient (Wildman–Crippen LogP) is 5.33. The molecule has 0 unspecified atom stereocenters. The number of aryl methyl sites for hydroxylation is 2. The molecule has 0 spiro atoms. The average Bonchev–Trinajstić information content (AvgIpc) is 3.28. The van der Waals surface area contributed by atoms with Crippen LogP contribution in [0.15, 0.2) is 30.3 Å².